The van der Waals surface area contributed by atoms with Crippen LogP contribution in [-0.2, 0) is 0 Å². The van der Waals surface area contributed by atoms with E-state index >= 15 is 0 Å². The molecule has 0 amide bonds. The van der Waals surface area contributed by atoms with Gasteiger partial charge in [0.05, 0.1) is 10.6 Å². The molecule has 3 aromatic carbocycles. The minimum absolute atomic E-state index is 0.0781. The summed E-state index contributed by atoms with van der Waals surface area (Å²) in [7, 11) is 0. The summed E-state index contributed by atoms with van der Waals surface area (Å²) in [5.74, 6) is 0.570. The molecule has 0 spiro atoms. The van der Waals surface area contributed by atoms with Gasteiger partial charge in [0.25, 0.3) is 0 Å². The lowest BCUT2D eigenvalue weighted by molar-refractivity contribution is 0.169. The molecular weight excluding hydrogens is 493 g/mol. The third-order valence-electron chi connectivity index (χ3n) is 7.38. The fraction of sp³-hybridized carbons (Fsp3) is 0.333. The molecule has 0 bridgehead atoms. The van der Waals surface area contributed by atoms with E-state index in [1.165, 1.54) is 12.5 Å². The second-order valence-electron chi connectivity index (χ2n) is 10.1. The second kappa shape index (κ2) is 10.3. The van der Waals surface area contributed by atoms with Gasteiger partial charge in [0, 0.05) is 18.2 Å². The maximum absolute atomic E-state index is 15.0. The molecule has 7 heteroatoms. The lowest BCUT2D eigenvalue weighted by atomic mass is 9.86. The monoisotopic (exact) mass is 523 g/mol. The van der Waals surface area contributed by atoms with Crippen molar-refractivity contribution in [2.45, 2.75) is 39.3 Å². The number of ether oxygens (including phenoxy) is 2. The normalized spacial score (nSPS) is 20.5. The highest BCUT2D eigenvalue weighted by Crippen LogP contribution is 2.49. The van der Waals surface area contributed by atoms with E-state index < -0.39 is 17.7 Å². The van der Waals surface area contributed by atoms with E-state index in [-0.39, 0.29) is 16.3 Å². The van der Waals surface area contributed by atoms with Gasteiger partial charge in [-0.2, -0.15) is 0 Å². The first-order valence-electron chi connectivity index (χ1n) is 12.6. The van der Waals surface area contributed by atoms with E-state index in [0.29, 0.717) is 35.1 Å². The first-order chi connectivity index (χ1) is 17.7. The van der Waals surface area contributed by atoms with Crippen LogP contribution in [0.2, 0.25) is 5.02 Å². The number of phenolic OH excluding ortho intramolecular Hbond substituents is 2. The van der Waals surface area contributed by atoms with Gasteiger partial charge in [0.1, 0.15) is 30.0 Å². The van der Waals surface area contributed by atoms with E-state index in [2.05, 4.69) is 18.7 Å². The standard InChI is InChI=1S/C30H31ClFNO4/c1-17-12-13-33(15-17)18(2)16-36-22-7-4-20(5-8-22)30-27(21-6-9-23(31)25(35)14-21)19(3)28-26(37-30)11-10-24(34)29(28)32/h4-11,14,17-18,30,34-35H,12-13,15-16H2,1-3H3/t17-,18+,30?/m1/s1. The highest BCUT2D eigenvalue weighted by molar-refractivity contribution is 6.32. The fourth-order valence-electron chi connectivity index (χ4n) is 5.23. The maximum atomic E-state index is 15.0. The molecule has 194 valence electrons. The highest BCUT2D eigenvalue weighted by atomic mass is 35.5. The van der Waals surface area contributed by atoms with Gasteiger partial charge in [-0.1, -0.05) is 36.7 Å². The van der Waals surface area contributed by atoms with Crippen LogP contribution in [0, 0.1) is 11.7 Å². The molecule has 0 radical (unpaired) electrons. The lowest BCUT2D eigenvalue weighted by Gasteiger charge is -2.31. The van der Waals surface area contributed by atoms with Crippen molar-refractivity contribution < 1.29 is 24.1 Å². The summed E-state index contributed by atoms with van der Waals surface area (Å²) in [6.45, 7) is 9.09. The van der Waals surface area contributed by atoms with E-state index in [0.717, 1.165) is 30.3 Å². The average Bonchev–Trinajstić information content (AvgIpc) is 3.33. The van der Waals surface area contributed by atoms with E-state index in [1.54, 1.807) is 31.2 Å². The van der Waals surface area contributed by atoms with Crippen molar-refractivity contribution in [3.05, 3.63) is 82.1 Å². The van der Waals surface area contributed by atoms with E-state index in [1.807, 2.05) is 24.3 Å². The van der Waals surface area contributed by atoms with Gasteiger partial charge >= 0.3 is 0 Å². The van der Waals surface area contributed by atoms with Gasteiger partial charge in [0.2, 0.25) is 0 Å². The summed E-state index contributed by atoms with van der Waals surface area (Å²) >= 11 is 6.05. The minimum Gasteiger partial charge on any atom is -0.506 e. The van der Waals surface area contributed by atoms with Crippen LogP contribution in [0.15, 0.2) is 54.6 Å². The molecule has 1 fully saturated rings. The first kappa shape index (κ1) is 25.4. The first-order valence-corrected chi connectivity index (χ1v) is 13.0. The largest absolute Gasteiger partial charge is 0.506 e. The Hall–Kier alpha value is -3.22. The predicted molar refractivity (Wildman–Crippen MR) is 144 cm³/mol. The van der Waals surface area contributed by atoms with Gasteiger partial charge in [-0.25, -0.2) is 4.39 Å². The number of benzene rings is 3. The average molecular weight is 524 g/mol. The Kier molecular flexibility index (Phi) is 7.06. The summed E-state index contributed by atoms with van der Waals surface area (Å²) in [5, 5.41) is 20.5. The van der Waals surface area contributed by atoms with Gasteiger partial charge in [-0.3, -0.25) is 4.90 Å². The van der Waals surface area contributed by atoms with E-state index in [4.69, 9.17) is 21.1 Å². The Morgan fingerprint density at radius 2 is 1.86 bits per heavy atom. The Morgan fingerprint density at radius 3 is 2.54 bits per heavy atom. The molecule has 5 nitrogen and oxygen atoms in total. The second-order valence-corrected chi connectivity index (χ2v) is 10.5. The number of aromatic hydroxyl groups is 2. The van der Waals surface area contributed by atoms with Crippen LogP contribution in [0.3, 0.4) is 0 Å². The van der Waals surface area contributed by atoms with Crippen molar-refractivity contribution in [3.8, 4) is 23.0 Å². The molecule has 3 atom stereocenters. The van der Waals surface area contributed by atoms with Crippen molar-refractivity contribution >= 4 is 22.7 Å². The molecule has 2 aliphatic rings. The van der Waals surface area contributed by atoms with Crippen LogP contribution in [0.25, 0.3) is 11.1 Å². The molecule has 0 aromatic heterocycles. The molecule has 3 aromatic rings. The topological polar surface area (TPSA) is 62.2 Å². The van der Waals surface area contributed by atoms with Crippen molar-refractivity contribution in [2.24, 2.45) is 5.92 Å². The van der Waals surface area contributed by atoms with Gasteiger partial charge in [0.15, 0.2) is 11.6 Å². The lowest BCUT2D eigenvalue weighted by Crippen LogP contribution is -2.35. The van der Waals surface area contributed by atoms with Crippen molar-refractivity contribution in [1.82, 2.24) is 4.90 Å². The predicted octanol–water partition coefficient (Wildman–Crippen LogP) is 7.06. The summed E-state index contributed by atoms with van der Waals surface area (Å²) in [5.41, 5.74) is 2.97. The smallest absolute Gasteiger partial charge is 0.176 e. The zero-order chi connectivity index (χ0) is 26.3. The maximum Gasteiger partial charge on any atom is 0.176 e. The number of likely N-dealkylation sites (tertiary alicyclic amines) is 1. The van der Waals surface area contributed by atoms with Crippen molar-refractivity contribution in [2.75, 3.05) is 19.7 Å². The zero-order valence-corrected chi connectivity index (χ0v) is 21.9. The molecule has 37 heavy (non-hydrogen) atoms. The Morgan fingerprint density at radius 1 is 1.11 bits per heavy atom. The molecule has 1 unspecified atom stereocenters. The Labute approximate surface area is 221 Å². The van der Waals surface area contributed by atoms with Gasteiger partial charge < -0.3 is 19.7 Å². The molecule has 5 rings (SSSR count). The number of nitrogens with zero attached hydrogens (tertiary/aromatic N) is 1. The summed E-state index contributed by atoms with van der Waals surface area (Å²) in [6, 6.07) is 15.8. The van der Waals surface area contributed by atoms with Crippen LogP contribution in [-0.4, -0.2) is 40.9 Å². The number of phenols is 2. The molecule has 2 N–H and O–H groups in total. The molecule has 2 aliphatic heterocycles. The molecule has 2 heterocycles. The number of fused-ring (bicyclic) bond motifs is 1. The number of hydrogen-bond donors (Lipinski definition) is 2. The van der Waals surface area contributed by atoms with E-state index in [9.17, 15) is 14.6 Å². The summed E-state index contributed by atoms with van der Waals surface area (Å²) < 4.78 is 27.4. The number of allylic oxidation sites excluding steroid dienone is 1. The third kappa shape index (κ3) is 5.00. The van der Waals surface area contributed by atoms with Crippen LogP contribution in [0.4, 0.5) is 4.39 Å². The van der Waals surface area contributed by atoms with Gasteiger partial charge in [-0.05, 0) is 85.8 Å². The molecule has 1 saturated heterocycles. The number of hydrogen-bond acceptors (Lipinski definition) is 5. The third-order valence-corrected chi connectivity index (χ3v) is 7.70. The summed E-state index contributed by atoms with van der Waals surface area (Å²) in [6.07, 6.45) is 0.657. The van der Waals surface area contributed by atoms with Crippen molar-refractivity contribution in [3.63, 3.8) is 0 Å². The van der Waals surface area contributed by atoms with Crippen LogP contribution in [0.1, 0.15) is 50.0 Å². The molecule has 0 saturated carbocycles. The van der Waals surface area contributed by atoms with Gasteiger partial charge in [-0.15, -0.1) is 0 Å². The summed E-state index contributed by atoms with van der Waals surface area (Å²) in [4.78, 5) is 2.46. The van der Waals surface area contributed by atoms with Crippen LogP contribution < -0.4 is 9.47 Å². The highest BCUT2D eigenvalue weighted by Gasteiger charge is 2.32. The molecular formula is C30H31ClFNO4. The number of rotatable bonds is 6. The number of halogens is 2. The minimum atomic E-state index is -0.741. The fourth-order valence-corrected chi connectivity index (χ4v) is 5.34. The van der Waals surface area contributed by atoms with Crippen molar-refractivity contribution in [1.29, 1.82) is 0 Å². The Bertz CT molecular complexity index is 1340. The zero-order valence-electron chi connectivity index (χ0n) is 21.2. The Balaban J connectivity index is 1.45. The van der Waals surface area contributed by atoms with Crippen LogP contribution in [0.5, 0.6) is 23.0 Å². The van der Waals surface area contributed by atoms with Crippen LogP contribution >= 0.6 is 11.6 Å². The quantitative estimate of drug-likeness (QED) is 0.362. The molecule has 0 aliphatic carbocycles. The SMILES string of the molecule is CC1=C(c2ccc(Cl)c(O)c2)C(c2ccc(OC[C@H](C)N3CC[C@@H](C)C3)cc2)Oc2ccc(O)c(F)c21.